The number of carbonyl (C=O) groups is 1. The van der Waals surface area contributed by atoms with E-state index in [4.69, 9.17) is 16.2 Å². The van der Waals surface area contributed by atoms with Gasteiger partial charge in [0.1, 0.15) is 6.54 Å². The van der Waals surface area contributed by atoms with E-state index in [1.165, 1.54) is 0 Å². The first-order valence-electron chi connectivity index (χ1n) is 1.92. The fourth-order valence-electron chi connectivity index (χ4n) is 0.171. The molecule has 0 atom stereocenters. The van der Waals surface area contributed by atoms with Crippen LogP contribution in [0.4, 0.5) is 0 Å². The summed E-state index contributed by atoms with van der Waals surface area (Å²) in [6, 6.07) is 0. The molecule has 0 aliphatic heterocycles. The van der Waals surface area contributed by atoms with Gasteiger partial charge in [-0.2, -0.15) is 0 Å². The van der Waals surface area contributed by atoms with E-state index < -0.39 is 5.97 Å². The van der Waals surface area contributed by atoms with Gasteiger partial charge in [0.2, 0.25) is 0 Å². The Kier molecular flexibility index (Phi) is 6.66. The van der Waals surface area contributed by atoms with Gasteiger partial charge in [0, 0.05) is 17.1 Å². The summed E-state index contributed by atoms with van der Waals surface area (Å²) in [5.74, 6) is -1.35. The van der Waals surface area contributed by atoms with Crippen molar-refractivity contribution in [3.63, 3.8) is 0 Å². The van der Waals surface area contributed by atoms with Crippen LogP contribution < -0.4 is 11.1 Å². The van der Waals surface area contributed by atoms with E-state index in [9.17, 15) is 4.79 Å². The van der Waals surface area contributed by atoms with Crippen molar-refractivity contribution in [1.29, 1.82) is 5.41 Å². The molecule has 0 bridgehead atoms. The second kappa shape index (κ2) is 5.40. The van der Waals surface area contributed by atoms with Gasteiger partial charge in [-0.1, -0.05) is 0 Å². The van der Waals surface area contributed by atoms with E-state index in [-0.39, 0.29) is 29.6 Å². The number of hydrogen-bond donors (Lipinski definition) is 4. The van der Waals surface area contributed by atoms with Crippen LogP contribution in [-0.2, 0) is 21.9 Å². The van der Waals surface area contributed by atoms with Crippen LogP contribution in [0.2, 0.25) is 0 Å². The zero-order valence-electron chi connectivity index (χ0n) is 4.49. The second-order valence-electron chi connectivity index (χ2n) is 1.16. The van der Waals surface area contributed by atoms with Crippen molar-refractivity contribution >= 4 is 11.9 Å². The van der Waals surface area contributed by atoms with Gasteiger partial charge in [-0.05, 0) is 0 Å². The molecule has 54 valence electrons. The molecular formula is C3H7FeN3O2. The van der Waals surface area contributed by atoms with Crippen LogP contribution >= 0.6 is 0 Å². The standard InChI is InChI=1S/C3H7N3O2.Fe/c4-3(5)6-1-2(7)8;/h1H2,(H,7,8)(H4,4,5,6);. The first kappa shape index (κ1) is 11.1. The van der Waals surface area contributed by atoms with Gasteiger partial charge in [-0.3, -0.25) is 10.2 Å². The molecule has 5 N–H and O–H groups in total. The molecule has 0 radical (unpaired) electrons. The number of nitrogens with one attached hydrogen (secondary N) is 2. The van der Waals surface area contributed by atoms with Gasteiger partial charge in [0.05, 0.1) is 0 Å². The Bertz CT molecular complexity index is 102. The minimum absolute atomic E-state index is 0. The zero-order valence-corrected chi connectivity index (χ0v) is 5.60. The van der Waals surface area contributed by atoms with Gasteiger partial charge in [0.25, 0.3) is 0 Å². The molecule has 0 rings (SSSR count). The molecule has 5 nitrogen and oxygen atoms in total. The van der Waals surface area contributed by atoms with Crippen LogP contribution in [0.15, 0.2) is 0 Å². The maximum absolute atomic E-state index is 9.69. The van der Waals surface area contributed by atoms with Gasteiger partial charge in [-0.15, -0.1) is 0 Å². The molecule has 0 saturated heterocycles. The number of rotatable bonds is 2. The number of aliphatic carboxylic acids is 1. The second-order valence-corrected chi connectivity index (χ2v) is 1.16. The summed E-state index contributed by atoms with van der Waals surface area (Å²) >= 11 is 0. The predicted octanol–water partition coefficient (Wildman–Crippen LogP) is -1.45. The molecule has 6 heteroatoms. The van der Waals surface area contributed by atoms with Crippen LogP contribution in [0.5, 0.6) is 0 Å². The van der Waals surface area contributed by atoms with Crippen LogP contribution in [0.1, 0.15) is 0 Å². The quantitative estimate of drug-likeness (QED) is 0.233. The summed E-state index contributed by atoms with van der Waals surface area (Å²) in [6.07, 6.45) is 0. The van der Waals surface area contributed by atoms with Gasteiger partial charge >= 0.3 is 5.97 Å². The summed E-state index contributed by atoms with van der Waals surface area (Å²) in [6.45, 7) is -0.296. The number of hydrogen-bond acceptors (Lipinski definition) is 2. The van der Waals surface area contributed by atoms with Gasteiger partial charge < -0.3 is 16.2 Å². The number of guanidine groups is 1. The SMILES string of the molecule is N=C(N)NCC(=O)O.[Fe]. The molecule has 0 aliphatic rings. The van der Waals surface area contributed by atoms with E-state index in [0.29, 0.717) is 0 Å². The van der Waals surface area contributed by atoms with Crippen LogP contribution in [-0.4, -0.2) is 23.6 Å². The smallest absolute Gasteiger partial charge is 0.322 e. The number of nitrogens with two attached hydrogens (primary N) is 1. The molecule has 0 aromatic rings. The first-order chi connectivity index (χ1) is 3.63. The van der Waals surface area contributed by atoms with Crippen molar-refractivity contribution in [2.45, 2.75) is 0 Å². The Balaban J connectivity index is 0. The molecule has 0 aromatic heterocycles. The maximum atomic E-state index is 9.69. The third kappa shape index (κ3) is 11.1. The Hall–Kier alpha value is -0.741. The minimum Gasteiger partial charge on any atom is -0.480 e. The largest absolute Gasteiger partial charge is 0.480 e. The normalized spacial score (nSPS) is 7.11. The van der Waals surface area contributed by atoms with Gasteiger partial charge in [-0.25, -0.2) is 0 Å². The summed E-state index contributed by atoms with van der Waals surface area (Å²) in [4.78, 5) is 9.69. The zero-order chi connectivity index (χ0) is 6.57. The third-order valence-corrected chi connectivity index (χ3v) is 0.430. The molecule has 0 fully saturated rings. The number of carboxylic acids is 1. The average molecular weight is 173 g/mol. The van der Waals surface area contributed by atoms with Crippen LogP contribution in [0.25, 0.3) is 0 Å². The van der Waals surface area contributed by atoms with Crippen molar-refractivity contribution in [3.05, 3.63) is 0 Å². The monoisotopic (exact) mass is 173 g/mol. The van der Waals surface area contributed by atoms with Crippen LogP contribution in [0.3, 0.4) is 0 Å². The van der Waals surface area contributed by atoms with E-state index >= 15 is 0 Å². The summed E-state index contributed by atoms with van der Waals surface area (Å²) in [5.41, 5.74) is 4.75. The van der Waals surface area contributed by atoms with Crippen molar-refractivity contribution < 1.29 is 27.0 Å². The van der Waals surface area contributed by atoms with Crippen LogP contribution in [0, 0.1) is 5.41 Å². The van der Waals surface area contributed by atoms with E-state index in [0.717, 1.165) is 0 Å². The molecule has 0 unspecified atom stereocenters. The number of carboxylic acid groups (broad SMARTS) is 1. The molecule has 0 amide bonds. The fourth-order valence-corrected chi connectivity index (χ4v) is 0.171. The maximum Gasteiger partial charge on any atom is 0.322 e. The summed E-state index contributed by atoms with van der Waals surface area (Å²) in [5, 5.41) is 16.5. The molecule has 0 aromatic carbocycles. The Morgan fingerprint density at radius 3 is 2.33 bits per heavy atom. The van der Waals surface area contributed by atoms with Crippen molar-refractivity contribution in [3.8, 4) is 0 Å². The van der Waals surface area contributed by atoms with Gasteiger partial charge in [0.15, 0.2) is 5.96 Å². The Labute approximate surface area is 62.6 Å². The molecule has 9 heavy (non-hydrogen) atoms. The van der Waals surface area contributed by atoms with E-state index in [2.05, 4.69) is 5.32 Å². The predicted molar refractivity (Wildman–Crippen MR) is 27.6 cm³/mol. The first-order valence-corrected chi connectivity index (χ1v) is 1.92. The topological polar surface area (TPSA) is 99.2 Å². The Morgan fingerprint density at radius 1 is 1.78 bits per heavy atom. The fraction of sp³-hybridized carbons (Fsp3) is 0.333. The summed E-state index contributed by atoms with van der Waals surface area (Å²) in [7, 11) is 0. The molecular weight excluding hydrogens is 166 g/mol. The minimum atomic E-state index is -1.03. The molecule has 0 spiro atoms. The molecule has 0 aliphatic carbocycles. The van der Waals surface area contributed by atoms with Crippen molar-refractivity contribution in [2.75, 3.05) is 6.54 Å². The van der Waals surface area contributed by atoms with E-state index in [1.807, 2.05) is 0 Å². The third-order valence-electron chi connectivity index (χ3n) is 0.430. The van der Waals surface area contributed by atoms with Crippen molar-refractivity contribution in [1.82, 2.24) is 5.32 Å². The average Bonchev–Trinajstić information content (AvgIpc) is 1.61. The van der Waals surface area contributed by atoms with Crippen molar-refractivity contribution in [2.24, 2.45) is 5.73 Å². The van der Waals surface area contributed by atoms with E-state index in [1.54, 1.807) is 0 Å². The molecule has 0 heterocycles. The Morgan fingerprint density at radius 2 is 2.22 bits per heavy atom. The molecule has 0 saturated carbocycles. The summed E-state index contributed by atoms with van der Waals surface area (Å²) < 4.78 is 0.